The first-order chi connectivity index (χ1) is 14.8. The molecule has 0 spiro atoms. The van der Waals surface area contributed by atoms with Gasteiger partial charge in [0, 0.05) is 37.9 Å². The van der Waals surface area contributed by atoms with Gasteiger partial charge in [0.15, 0.2) is 0 Å². The lowest BCUT2D eigenvalue weighted by molar-refractivity contribution is -0.0855. The van der Waals surface area contributed by atoms with Gasteiger partial charge in [-0.3, -0.25) is 14.7 Å². The Bertz CT molecular complexity index is 786. The quantitative estimate of drug-likeness (QED) is 0.754. The van der Waals surface area contributed by atoms with Crippen molar-refractivity contribution < 1.29 is 19.0 Å². The molecule has 1 amide bonds. The molecule has 2 fully saturated rings. The Kier molecular flexibility index (Phi) is 7.29. The molecule has 1 N–H and O–H groups in total. The first-order valence-electron chi connectivity index (χ1n) is 10.6. The van der Waals surface area contributed by atoms with Crippen molar-refractivity contribution in [2.75, 3.05) is 39.5 Å². The Morgan fingerprint density at radius 2 is 1.97 bits per heavy atom. The largest absolute Gasteiger partial charge is 0.490 e. The summed E-state index contributed by atoms with van der Waals surface area (Å²) in [6, 6.07) is 13.4. The molecule has 1 aromatic heterocycles. The van der Waals surface area contributed by atoms with E-state index >= 15 is 0 Å². The van der Waals surface area contributed by atoms with Crippen LogP contribution in [0.15, 0.2) is 48.7 Å². The van der Waals surface area contributed by atoms with Crippen LogP contribution in [-0.4, -0.2) is 67.5 Å². The minimum Gasteiger partial charge on any atom is -0.490 e. The molecule has 3 heterocycles. The number of ether oxygens (including phenoxy) is 3. The van der Waals surface area contributed by atoms with Gasteiger partial charge in [0.1, 0.15) is 11.9 Å². The fourth-order valence-electron chi connectivity index (χ4n) is 3.75. The van der Waals surface area contributed by atoms with Crippen molar-refractivity contribution in [2.24, 2.45) is 0 Å². The summed E-state index contributed by atoms with van der Waals surface area (Å²) in [5, 5.41) is 2.90. The maximum Gasteiger partial charge on any atom is 0.251 e. The van der Waals surface area contributed by atoms with E-state index in [1.807, 2.05) is 30.5 Å². The number of nitrogens with zero attached hydrogens (tertiary/aromatic N) is 2. The molecule has 7 heteroatoms. The van der Waals surface area contributed by atoms with Gasteiger partial charge in [-0.15, -0.1) is 0 Å². The van der Waals surface area contributed by atoms with Crippen LogP contribution < -0.4 is 10.1 Å². The Balaban J connectivity index is 1.19. The summed E-state index contributed by atoms with van der Waals surface area (Å²) in [6.07, 6.45) is 3.94. The minimum absolute atomic E-state index is 0.0751. The van der Waals surface area contributed by atoms with E-state index < -0.39 is 0 Å². The fraction of sp³-hybridized carbons (Fsp3) is 0.478. The van der Waals surface area contributed by atoms with Gasteiger partial charge in [-0.1, -0.05) is 6.07 Å². The summed E-state index contributed by atoms with van der Waals surface area (Å²) in [5.41, 5.74) is 1.72. The molecule has 0 aliphatic carbocycles. The third kappa shape index (κ3) is 6.01. The molecule has 0 unspecified atom stereocenters. The van der Waals surface area contributed by atoms with Gasteiger partial charge in [-0.05, 0) is 49.2 Å². The number of rotatable bonds is 7. The highest BCUT2D eigenvalue weighted by molar-refractivity contribution is 5.94. The molecule has 7 nitrogen and oxygen atoms in total. The highest BCUT2D eigenvalue weighted by atomic mass is 16.6. The lowest BCUT2D eigenvalue weighted by Gasteiger charge is -2.31. The van der Waals surface area contributed by atoms with E-state index in [0.717, 1.165) is 43.9 Å². The highest BCUT2D eigenvalue weighted by Crippen LogP contribution is 2.20. The summed E-state index contributed by atoms with van der Waals surface area (Å²) in [5.74, 6) is 0.692. The zero-order valence-electron chi connectivity index (χ0n) is 17.2. The van der Waals surface area contributed by atoms with E-state index in [4.69, 9.17) is 14.2 Å². The summed E-state index contributed by atoms with van der Waals surface area (Å²) in [6.45, 7) is 5.05. The predicted molar refractivity (Wildman–Crippen MR) is 112 cm³/mol. The van der Waals surface area contributed by atoms with Crippen molar-refractivity contribution in [3.8, 4) is 5.75 Å². The number of carbonyl (C=O) groups is 1. The number of piperidine rings is 1. The lowest BCUT2D eigenvalue weighted by Crippen LogP contribution is -2.39. The third-order valence-corrected chi connectivity index (χ3v) is 5.44. The average molecular weight is 412 g/mol. The molecule has 2 aromatic rings. The molecule has 0 radical (unpaired) electrons. The average Bonchev–Trinajstić information content (AvgIpc) is 2.81. The summed E-state index contributed by atoms with van der Waals surface area (Å²) in [4.78, 5) is 19.1. The number of nitrogens with one attached hydrogen (secondary N) is 1. The van der Waals surface area contributed by atoms with Gasteiger partial charge < -0.3 is 19.5 Å². The maximum absolute atomic E-state index is 12.3. The molecular formula is C23H29N3O4. The molecule has 2 aliphatic heterocycles. The van der Waals surface area contributed by atoms with Crippen LogP contribution in [0.4, 0.5) is 0 Å². The molecule has 160 valence electrons. The van der Waals surface area contributed by atoms with E-state index in [9.17, 15) is 4.79 Å². The Morgan fingerprint density at radius 1 is 1.13 bits per heavy atom. The molecule has 2 aliphatic rings. The number of carbonyl (C=O) groups excluding carboxylic acids is 1. The number of benzene rings is 1. The van der Waals surface area contributed by atoms with Gasteiger partial charge in [0.25, 0.3) is 5.91 Å². The maximum atomic E-state index is 12.3. The van der Waals surface area contributed by atoms with Gasteiger partial charge in [0.2, 0.25) is 0 Å². The molecule has 0 bridgehead atoms. The summed E-state index contributed by atoms with van der Waals surface area (Å²) in [7, 11) is 0. The second kappa shape index (κ2) is 10.5. The predicted octanol–water partition coefficient (Wildman–Crippen LogP) is 2.27. The second-order valence-corrected chi connectivity index (χ2v) is 7.72. The smallest absolute Gasteiger partial charge is 0.251 e. The number of pyridine rings is 1. The van der Waals surface area contributed by atoms with Crippen LogP contribution in [0.3, 0.4) is 0 Å². The van der Waals surface area contributed by atoms with Crippen LogP contribution in [0.25, 0.3) is 0 Å². The van der Waals surface area contributed by atoms with Crippen LogP contribution in [0.5, 0.6) is 5.75 Å². The number of hydrogen-bond acceptors (Lipinski definition) is 6. The zero-order valence-corrected chi connectivity index (χ0v) is 17.2. The van der Waals surface area contributed by atoms with Crippen molar-refractivity contribution in [2.45, 2.75) is 31.6 Å². The van der Waals surface area contributed by atoms with Crippen molar-refractivity contribution in [3.63, 3.8) is 0 Å². The number of hydrogen-bond donors (Lipinski definition) is 1. The number of aromatic nitrogens is 1. The van der Waals surface area contributed by atoms with Crippen LogP contribution in [0.1, 0.15) is 28.9 Å². The minimum atomic E-state index is -0.112. The first kappa shape index (κ1) is 20.8. The molecule has 4 rings (SSSR count). The molecule has 2 saturated heterocycles. The van der Waals surface area contributed by atoms with Crippen molar-refractivity contribution >= 4 is 5.91 Å². The van der Waals surface area contributed by atoms with Crippen LogP contribution in [0, 0.1) is 0 Å². The lowest BCUT2D eigenvalue weighted by atomic mass is 10.1. The van der Waals surface area contributed by atoms with E-state index in [-0.39, 0.29) is 18.1 Å². The van der Waals surface area contributed by atoms with Gasteiger partial charge >= 0.3 is 0 Å². The standard InChI is InChI=1S/C23H29N3O4/c27-23(25-15-22-17-28-13-14-29-22)18-4-6-20(7-5-18)30-21-8-11-26(12-9-21)16-19-3-1-2-10-24-19/h1-7,10,21-22H,8-9,11-17H2,(H,25,27)/t22-/m1/s1. The molecule has 30 heavy (non-hydrogen) atoms. The van der Waals surface area contributed by atoms with E-state index in [1.165, 1.54) is 0 Å². The number of amides is 1. The van der Waals surface area contributed by atoms with Gasteiger partial charge in [0.05, 0.1) is 31.6 Å². The Hall–Kier alpha value is -2.48. The topological polar surface area (TPSA) is 72.9 Å². The second-order valence-electron chi connectivity index (χ2n) is 7.72. The van der Waals surface area contributed by atoms with Crippen molar-refractivity contribution in [3.05, 3.63) is 59.9 Å². The normalized spacial score (nSPS) is 20.6. The monoisotopic (exact) mass is 411 g/mol. The van der Waals surface area contributed by atoms with Crippen molar-refractivity contribution in [1.29, 1.82) is 0 Å². The van der Waals surface area contributed by atoms with Gasteiger partial charge in [-0.25, -0.2) is 0 Å². The fourth-order valence-corrected chi connectivity index (χ4v) is 3.75. The first-order valence-corrected chi connectivity index (χ1v) is 10.6. The Morgan fingerprint density at radius 3 is 2.67 bits per heavy atom. The van der Waals surface area contributed by atoms with E-state index in [2.05, 4.69) is 21.3 Å². The summed E-state index contributed by atoms with van der Waals surface area (Å²) >= 11 is 0. The SMILES string of the molecule is O=C(NC[C@@H]1COCCO1)c1ccc(OC2CCN(Cc3ccccn3)CC2)cc1. The van der Waals surface area contributed by atoms with Crippen LogP contribution in [0.2, 0.25) is 0 Å². The van der Waals surface area contributed by atoms with E-state index in [0.29, 0.717) is 31.9 Å². The Labute approximate surface area is 177 Å². The van der Waals surface area contributed by atoms with Crippen LogP contribution >= 0.6 is 0 Å². The summed E-state index contributed by atoms with van der Waals surface area (Å²) < 4.78 is 17.0. The van der Waals surface area contributed by atoms with Crippen molar-refractivity contribution in [1.82, 2.24) is 15.2 Å². The molecule has 1 atom stereocenters. The third-order valence-electron chi connectivity index (χ3n) is 5.44. The molecule has 0 saturated carbocycles. The molecular weight excluding hydrogens is 382 g/mol. The highest BCUT2D eigenvalue weighted by Gasteiger charge is 2.21. The van der Waals surface area contributed by atoms with Crippen LogP contribution in [-0.2, 0) is 16.0 Å². The van der Waals surface area contributed by atoms with Gasteiger partial charge in [-0.2, -0.15) is 0 Å². The zero-order chi connectivity index (χ0) is 20.6. The molecule has 1 aromatic carbocycles. The van der Waals surface area contributed by atoms with E-state index in [1.54, 1.807) is 12.1 Å². The number of likely N-dealkylation sites (tertiary alicyclic amines) is 1.